The molecule has 0 saturated heterocycles. The minimum Gasteiger partial charge on any atom is -0.490 e. The van der Waals surface area contributed by atoms with Crippen LogP contribution in [-0.4, -0.2) is 13.2 Å². The van der Waals surface area contributed by atoms with Crippen molar-refractivity contribution in [2.24, 2.45) is 0 Å². The summed E-state index contributed by atoms with van der Waals surface area (Å²) >= 11 is 0. The summed E-state index contributed by atoms with van der Waals surface area (Å²) in [5.74, 6) is 1.59. The van der Waals surface area contributed by atoms with Crippen molar-refractivity contribution in [3.8, 4) is 11.5 Å². The molecule has 0 spiro atoms. The Bertz CT molecular complexity index is 477. The zero-order valence-corrected chi connectivity index (χ0v) is 10.4. The van der Waals surface area contributed by atoms with Crippen LogP contribution in [0.4, 0.5) is 5.69 Å². The number of nitrogen functional groups attached to an aromatic ring is 1. The van der Waals surface area contributed by atoms with Gasteiger partial charge in [0.15, 0.2) is 0 Å². The van der Waals surface area contributed by atoms with Gasteiger partial charge in [-0.15, -0.1) is 0 Å². The van der Waals surface area contributed by atoms with Crippen LogP contribution in [0.2, 0.25) is 0 Å². The SMILES string of the molecule is Cc1cccc(N)c1OCCOc1ccccc1. The average Bonchev–Trinajstić information content (AvgIpc) is 2.38. The first kappa shape index (κ1) is 12.3. The Kier molecular flexibility index (Phi) is 4.07. The standard InChI is InChI=1S/C15H17NO2/c1-12-6-5-9-14(16)15(12)18-11-10-17-13-7-3-2-4-8-13/h2-9H,10-11,16H2,1H3. The summed E-state index contributed by atoms with van der Waals surface area (Å²) in [6.07, 6.45) is 0. The first-order valence-electron chi connectivity index (χ1n) is 5.93. The molecule has 2 N–H and O–H groups in total. The third-order valence-electron chi connectivity index (χ3n) is 2.58. The molecule has 0 unspecified atom stereocenters. The third-order valence-corrected chi connectivity index (χ3v) is 2.58. The molecule has 0 heterocycles. The number of benzene rings is 2. The van der Waals surface area contributed by atoms with Crippen LogP contribution in [0, 0.1) is 6.92 Å². The molecule has 0 aliphatic rings. The number of hydrogen-bond acceptors (Lipinski definition) is 3. The predicted octanol–water partition coefficient (Wildman–Crippen LogP) is 3.04. The average molecular weight is 243 g/mol. The molecular weight excluding hydrogens is 226 g/mol. The molecule has 0 aliphatic heterocycles. The minimum atomic E-state index is 0.476. The molecule has 0 radical (unpaired) electrons. The highest BCUT2D eigenvalue weighted by Gasteiger charge is 2.03. The van der Waals surface area contributed by atoms with Gasteiger partial charge in [0.1, 0.15) is 24.7 Å². The summed E-state index contributed by atoms with van der Waals surface area (Å²) in [5.41, 5.74) is 7.55. The monoisotopic (exact) mass is 243 g/mol. The Morgan fingerprint density at radius 1 is 0.889 bits per heavy atom. The van der Waals surface area contributed by atoms with Crippen LogP contribution in [0.25, 0.3) is 0 Å². The lowest BCUT2D eigenvalue weighted by molar-refractivity contribution is 0.217. The van der Waals surface area contributed by atoms with E-state index in [1.807, 2.05) is 55.5 Å². The van der Waals surface area contributed by atoms with E-state index in [1.54, 1.807) is 0 Å². The molecule has 3 nitrogen and oxygen atoms in total. The Labute approximate surface area is 107 Å². The van der Waals surface area contributed by atoms with E-state index >= 15 is 0 Å². The highest BCUT2D eigenvalue weighted by Crippen LogP contribution is 2.25. The van der Waals surface area contributed by atoms with Crippen LogP contribution in [0.15, 0.2) is 48.5 Å². The maximum atomic E-state index is 5.85. The van der Waals surface area contributed by atoms with Gasteiger partial charge in [0, 0.05) is 0 Å². The van der Waals surface area contributed by atoms with Crippen LogP contribution in [0.3, 0.4) is 0 Å². The fourth-order valence-corrected chi connectivity index (χ4v) is 1.69. The maximum Gasteiger partial charge on any atom is 0.145 e. The summed E-state index contributed by atoms with van der Waals surface area (Å²) in [4.78, 5) is 0. The highest BCUT2D eigenvalue weighted by molar-refractivity contribution is 5.56. The van der Waals surface area contributed by atoms with Gasteiger partial charge in [-0.2, -0.15) is 0 Å². The Morgan fingerprint density at radius 2 is 1.61 bits per heavy atom. The van der Waals surface area contributed by atoms with Gasteiger partial charge in [-0.3, -0.25) is 0 Å². The lowest BCUT2D eigenvalue weighted by Gasteiger charge is -2.12. The lowest BCUT2D eigenvalue weighted by Crippen LogP contribution is -2.10. The minimum absolute atomic E-state index is 0.476. The molecule has 2 aromatic carbocycles. The lowest BCUT2D eigenvalue weighted by atomic mass is 10.2. The van der Waals surface area contributed by atoms with E-state index in [-0.39, 0.29) is 0 Å². The van der Waals surface area contributed by atoms with Gasteiger partial charge < -0.3 is 15.2 Å². The topological polar surface area (TPSA) is 44.5 Å². The zero-order valence-electron chi connectivity index (χ0n) is 10.4. The molecule has 0 fully saturated rings. The van der Waals surface area contributed by atoms with Crippen molar-refractivity contribution in [1.29, 1.82) is 0 Å². The first-order valence-corrected chi connectivity index (χ1v) is 5.93. The molecule has 0 aromatic heterocycles. The van der Waals surface area contributed by atoms with Crippen LogP contribution in [-0.2, 0) is 0 Å². The van der Waals surface area contributed by atoms with Gasteiger partial charge in [-0.05, 0) is 30.7 Å². The molecule has 3 heteroatoms. The van der Waals surface area contributed by atoms with Crippen molar-refractivity contribution in [3.63, 3.8) is 0 Å². The van der Waals surface area contributed by atoms with E-state index in [2.05, 4.69) is 0 Å². The normalized spacial score (nSPS) is 10.1. The number of aryl methyl sites for hydroxylation is 1. The Balaban J connectivity index is 1.82. The van der Waals surface area contributed by atoms with Crippen molar-refractivity contribution in [3.05, 3.63) is 54.1 Å². The van der Waals surface area contributed by atoms with Gasteiger partial charge >= 0.3 is 0 Å². The summed E-state index contributed by atoms with van der Waals surface area (Å²) in [7, 11) is 0. The van der Waals surface area contributed by atoms with Crippen molar-refractivity contribution < 1.29 is 9.47 Å². The van der Waals surface area contributed by atoms with Gasteiger partial charge in [-0.1, -0.05) is 30.3 Å². The van der Waals surface area contributed by atoms with Crippen LogP contribution in [0.5, 0.6) is 11.5 Å². The molecule has 0 bridgehead atoms. The van der Waals surface area contributed by atoms with Crippen molar-refractivity contribution >= 4 is 5.69 Å². The Morgan fingerprint density at radius 3 is 2.33 bits per heavy atom. The van der Waals surface area contributed by atoms with E-state index < -0.39 is 0 Å². The first-order chi connectivity index (χ1) is 8.77. The number of para-hydroxylation sites is 2. The summed E-state index contributed by atoms with van der Waals surface area (Å²) in [6, 6.07) is 15.4. The fourth-order valence-electron chi connectivity index (χ4n) is 1.69. The fraction of sp³-hybridized carbons (Fsp3) is 0.200. The molecular formula is C15H17NO2. The molecule has 2 aromatic rings. The number of rotatable bonds is 5. The van der Waals surface area contributed by atoms with E-state index in [4.69, 9.17) is 15.2 Å². The van der Waals surface area contributed by atoms with Gasteiger partial charge in [-0.25, -0.2) is 0 Å². The maximum absolute atomic E-state index is 5.85. The molecule has 0 aliphatic carbocycles. The zero-order chi connectivity index (χ0) is 12.8. The van der Waals surface area contributed by atoms with E-state index in [1.165, 1.54) is 0 Å². The van der Waals surface area contributed by atoms with Crippen LogP contribution >= 0.6 is 0 Å². The molecule has 0 saturated carbocycles. The van der Waals surface area contributed by atoms with Crippen molar-refractivity contribution in [2.75, 3.05) is 18.9 Å². The number of ether oxygens (including phenoxy) is 2. The molecule has 2 rings (SSSR count). The van der Waals surface area contributed by atoms with E-state index in [9.17, 15) is 0 Å². The molecule has 18 heavy (non-hydrogen) atoms. The smallest absolute Gasteiger partial charge is 0.145 e. The molecule has 94 valence electrons. The summed E-state index contributed by atoms with van der Waals surface area (Å²) in [5, 5.41) is 0. The van der Waals surface area contributed by atoms with Crippen LogP contribution in [0.1, 0.15) is 5.56 Å². The number of hydrogen-bond donors (Lipinski definition) is 1. The molecule has 0 amide bonds. The molecule has 0 atom stereocenters. The second kappa shape index (κ2) is 5.96. The van der Waals surface area contributed by atoms with E-state index in [0.29, 0.717) is 18.9 Å². The summed E-state index contributed by atoms with van der Waals surface area (Å²) < 4.78 is 11.2. The number of nitrogens with two attached hydrogens (primary N) is 1. The highest BCUT2D eigenvalue weighted by atomic mass is 16.5. The quantitative estimate of drug-likeness (QED) is 0.648. The summed E-state index contributed by atoms with van der Waals surface area (Å²) in [6.45, 7) is 2.95. The van der Waals surface area contributed by atoms with Gasteiger partial charge in [0.25, 0.3) is 0 Å². The van der Waals surface area contributed by atoms with Crippen LogP contribution < -0.4 is 15.2 Å². The second-order valence-electron chi connectivity index (χ2n) is 4.00. The predicted molar refractivity (Wildman–Crippen MR) is 73.0 cm³/mol. The van der Waals surface area contributed by atoms with Crippen molar-refractivity contribution in [2.45, 2.75) is 6.92 Å². The van der Waals surface area contributed by atoms with Crippen molar-refractivity contribution in [1.82, 2.24) is 0 Å². The van der Waals surface area contributed by atoms with E-state index in [0.717, 1.165) is 17.1 Å². The third kappa shape index (κ3) is 3.17. The second-order valence-corrected chi connectivity index (χ2v) is 4.00. The number of anilines is 1. The Hall–Kier alpha value is -2.16. The van der Waals surface area contributed by atoms with Gasteiger partial charge in [0.05, 0.1) is 5.69 Å². The largest absolute Gasteiger partial charge is 0.490 e. The van der Waals surface area contributed by atoms with Gasteiger partial charge in [0.2, 0.25) is 0 Å².